The minimum atomic E-state index is 0.347. The van der Waals surface area contributed by atoms with Gasteiger partial charge in [0.15, 0.2) is 0 Å². The van der Waals surface area contributed by atoms with Crippen molar-refractivity contribution < 1.29 is 9.84 Å². The average molecular weight is 283 g/mol. The Labute approximate surface area is 125 Å². The highest BCUT2D eigenvalue weighted by molar-refractivity contribution is 5.39. The Morgan fingerprint density at radius 3 is 2.90 bits per heavy atom. The van der Waals surface area contributed by atoms with Gasteiger partial charge in [-0.3, -0.25) is 0 Å². The zero-order chi connectivity index (χ0) is 14.7. The Kier molecular flexibility index (Phi) is 4.11. The molecule has 0 aromatic heterocycles. The van der Waals surface area contributed by atoms with Crippen LogP contribution in [-0.2, 0) is 13.0 Å². The summed E-state index contributed by atoms with van der Waals surface area (Å²) in [6.45, 7) is 0.683. The van der Waals surface area contributed by atoms with E-state index < -0.39 is 0 Å². The number of para-hydroxylation sites is 1. The zero-order valence-corrected chi connectivity index (χ0v) is 12.3. The summed E-state index contributed by atoms with van der Waals surface area (Å²) < 4.78 is 5.31. The summed E-state index contributed by atoms with van der Waals surface area (Å²) in [5, 5.41) is 13.4. The van der Waals surface area contributed by atoms with Crippen LogP contribution in [0.4, 0.5) is 0 Å². The first-order valence-electron chi connectivity index (χ1n) is 7.45. The van der Waals surface area contributed by atoms with Crippen LogP contribution in [0, 0.1) is 0 Å². The molecule has 1 atom stereocenters. The molecule has 0 aliphatic heterocycles. The van der Waals surface area contributed by atoms with E-state index in [-0.39, 0.29) is 0 Å². The summed E-state index contributed by atoms with van der Waals surface area (Å²) in [5.41, 5.74) is 3.67. The lowest BCUT2D eigenvalue weighted by Gasteiger charge is -2.27. The van der Waals surface area contributed by atoms with Crippen LogP contribution in [0.1, 0.15) is 35.6 Å². The van der Waals surface area contributed by atoms with Gasteiger partial charge in [-0.2, -0.15) is 0 Å². The maximum absolute atomic E-state index is 9.85. The molecule has 3 rings (SSSR count). The van der Waals surface area contributed by atoms with Crippen LogP contribution in [0.2, 0.25) is 0 Å². The van der Waals surface area contributed by atoms with E-state index in [2.05, 4.69) is 17.4 Å². The molecule has 0 radical (unpaired) electrons. The number of rotatable bonds is 4. The van der Waals surface area contributed by atoms with Crippen molar-refractivity contribution in [2.75, 3.05) is 7.11 Å². The van der Waals surface area contributed by atoms with Gasteiger partial charge >= 0.3 is 0 Å². The molecule has 110 valence electrons. The fourth-order valence-electron chi connectivity index (χ4n) is 3.02. The predicted molar refractivity (Wildman–Crippen MR) is 83.6 cm³/mol. The minimum Gasteiger partial charge on any atom is -0.508 e. The Balaban J connectivity index is 1.75. The van der Waals surface area contributed by atoms with Gasteiger partial charge in [0, 0.05) is 18.2 Å². The molecule has 0 saturated carbocycles. The Morgan fingerprint density at radius 2 is 2.10 bits per heavy atom. The van der Waals surface area contributed by atoms with Gasteiger partial charge in [-0.05, 0) is 48.6 Å². The van der Waals surface area contributed by atoms with E-state index in [9.17, 15) is 5.11 Å². The molecule has 0 spiro atoms. The van der Waals surface area contributed by atoms with Gasteiger partial charge in [-0.1, -0.05) is 24.3 Å². The average Bonchev–Trinajstić information content (AvgIpc) is 2.53. The van der Waals surface area contributed by atoms with Gasteiger partial charge in [-0.15, -0.1) is 0 Å². The van der Waals surface area contributed by atoms with Gasteiger partial charge in [0.2, 0.25) is 0 Å². The van der Waals surface area contributed by atoms with Gasteiger partial charge in [0.1, 0.15) is 11.5 Å². The molecule has 0 amide bonds. The lowest BCUT2D eigenvalue weighted by atomic mass is 9.87. The fourth-order valence-corrected chi connectivity index (χ4v) is 3.02. The van der Waals surface area contributed by atoms with E-state index in [4.69, 9.17) is 4.74 Å². The van der Waals surface area contributed by atoms with Crippen molar-refractivity contribution in [1.82, 2.24) is 5.32 Å². The monoisotopic (exact) mass is 283 g/mol. The number of phenolic OH excluding ortho intramolecular Hbond substituents is 1. The highest BCUT2D eigenvalue weighted by Gasteiger charge is 2.20. The third-order valence-electron chi connectivity index (χ3n) is 4.19. The molecule has 3 nitrogen and oxygen atoms in total. The molecule has 1 aliphatic rings. The van der Waals surface area contributed by atoms with E-state index in [0.717, 1.165) is 24.2 Å². The Bertz CT molecular complexity index is 624. The second-order valence-corrected chi connectivity index (χ2v) is 5.52. The number of hydrogen-bond donors (Lipinski definition) is 2. The first kappa shape index (κ1) is 14.0. The lowest BCUT2D eigenvalue weighted by molar-refractivity contribution is 0.410. The van der Waals surface area contributed by atoms with E-state index in [1.807, 2.05) is 24.3 Å². The van der Waals surface area contributed by atoms with Gasteiger partial charge in [-0.25, -0.2) is 0 Å². The molecular formula is C18H21NO2. The van der Waals surface area contributed by atoms with Crippen LogP contribution in [0.3, 0.4) is 0 Å². The molecule has 3 heteroatoms. The first-order chi connectivity index (χ1) is 10.3. The molecular weight excluding hydrogens is 262 g/mol. The summed E-state index contributed by atoms with van der Waals surface area (Å²) >= 11 is 0. The maximum atomic E-state index is 9.85. The number of methoxy groups -OCH3 is 1. The Hall–Kier alpha value is -2.00. The topological polar surface area (TPSA) is 41.5 Å². The van der Waals surface area contributed by atoms with Crippen LogP contribution in [0.5, 0.6) is 11.5 Å². The first-order valence-corrected chi connectivity index (χ1v) is 7.45. The third-order valence-corrected chi connectivity index (χ3v) is 4.19. The van der Waals surface area contributed by atoms with E-state index >= 15 is 0 Å². The summed E-state index contributed by atoms with van der Waals surface area (Å²) in [5.74, 6) is 1.28. The molecule has 1 unspecified atom stereocenters. The molecule has 2 aromatic rings. The fraction of sp³-hybridized carbons (Fsp3) is 0.333. The number of aromatic hydroxyl groups is 1. The van der Waals surface area contributed by atoms with Crippen molar-refractivity contribution in [3.05, 3.63) is 59.2 Å². The lowest BCUT2D eigenvalue weighted by Crippen LogP contribution is -2.24. The van der Waals surface area contributed by atoms with Crippen LogP contribution < -0.4 is 10.1 Å². The highest BCUT2D eigenvalue weighted by Crippen LogP contribution is 2.32. The molecule has 21 heavy (non-hydrogen) atoms. The van der Waals surface area contributed by atoms with Gasteiger partial charge < -0.3 is 15.2 Å². The molecule has 1 aliphatic carbocycles. The number of fused-ring (bicyclic) bond motifs is 1. The van der Waals surface area contributed by atoms with Crippen molar-refractivity contribution in [3.63, 3.8) is 0 Å². The molecule has 2 N–H and O–H groups in total. The van der Waals surface area contributed by atoms with Gasteiger partial charge in [0.25, 0.3) is 0 Å². The maximum Gasteiger partial charge on any atom is 0.120 e. The summed E-state index contributed by atoms with van der Waals surface area (Å²) in [6.07, 6.45) is 3.42. The van der Waals surface area contributed by atoms with Crippen LogP contribution in [0.15, 0.2) is 42.5 Å². The third kappa shape index (κ3) is 3.03. The quantitative estimate of drug-likeness (QED) is 0.901. The van der Waals surface area contributed by atoms with Gasteiger partial charge in [0.05, 0.1) is 7.11 Å². The molecule has 0 bridgehead atoms. The number of phenols is 1. The molecule has 0 fully saturated rings. The SMILES string of the molecule is COc1ccc2c(c1)CCCC2NCc1ccccc1O. The minimum absolute atomic E-state index is 0.347. The molecule has 0 saturated heterocycles. The number of benzene rings is 2. The predicted octanol–water partition coefficient (Wildman–Crippen LogP) is 3.57. The largest absolute Gasteiger partial charge is 0.508 e. The van der Waals surface area contributed by atoms with Crippen molar-refractivity contribution in [3.8, 4) is 11.5 Å². The number of ether oxygens (including phenoxy) is 1. The van der Waals surface area contributed by atoms with Crippen molar-refractivity contribution >= 4 is 0 Å². The number of nitrogens with one attached hydrogen (secondary N) is 1. The molecule has 0 heterocycles. The zero-order valence-electron chi connectivity index (χ0n) is 12.3. The summed E-state index contributed by atoms with van der Waals surface area (Å²) in [7, 11) is 1.71. The number of hydrogen-bond acceptors (Lipinski definition) is 3. The molecule has 2 aromatic carbocycles. The van der Waals surface area contributed by atoms with Crippen LogP contribution in [0.25, 0.3) is 0 Å². The smallest absolute Gasteiger partial charge is 0.120 e. The Morgan fingerprint density at radius 1 is 1.24 bits per heavy atom. The van der Waals surface area contributed by atoms with Crippen molar-refractivity contribution in [1.29, 1.82) is 0 Å². The second kappa shape index (κ2) is 6.19. The van der Waals surface area contributed by atoms with Crippen molar-refractivity contribution in [2.45, 2.75) is 31.8 Å². The van der Waals surface area contributed by atoms with E-state index in [1.165, 1.54) is 17.5 Å². The summed E-state index contributed by atoms with van der Waals surface area (Å²) in [4.78, 5) is 0. The normalized spacial score (nSPS) is 17.3. The summed E-state index contributed by atoms with van der Waals surface area (Å²) in [6, 6.07) is 14.2. The van der Waals surface area contributed by atoms with E-state index in [1.54, 1.807) is 13.2 Å². The second-order valence-electron chi connectivity index (χ2n) is 5.52. The number of aryl methyl sites for hydroxylation is 1. The van der Waals surface area contributed by atoms with Crippen LogP contribution in [-0.4, -0.2) is 12.2 Å². The van der Waals surface area contributed by atoms with Crippen LogP contribution >= 0.6 is 0 Å². The standard InChI is InChI=1S/C18H21NO2/c1-21-15-9-10-16-13(11-15)6-4-7-17(16)19-12-14-5-2-3-8-18(14)20/h2-3,5,8-11,17,19-20H,4,6-7,12H2,1H3. The van der Waals surface area contributed by atoms with Crippen molar-refractivity contribution in [2.24, 2.45) is 0 Å². The van der Waals surface area contributed by atoms with E-state index in [0.29, 0.717) is 18.3 Å². The highest BCUT2D eigenvalue weighted by atomic mass is 16.5.